The lowest BCUT2D eigenvalue weighted by Crippen LogP contribution is -1.77. The van der Waals surface area contributed by atoms with Crippen molar-refractivity contribution in [2.75, 3.05) is 0 Å². The Kier molecular flexibility index (Phi) is 2.39. The van der Waals surface area contributed by atoms with Crippen LogP contribution in [0.4, 0.5) is 0 Å². The Morgan fingerprint density at radius 3 is 2.37 bits per heavy atom. The van der Waals surface area contributed by atoms with E-state index < -0.39 is 0 Å². The van der Waals surface area contributed by atoms with Crippen LogP contribution in [0.5, 0.6) is 0 Å². The van der Waals surface area contributed by atoms with Crippen molar-refractivity contribution in [2.24, 2.45) is 0 Å². The average Bonchev–Trinajstić information content (AvgIpc) is 2.92. The van der Waals surface area contributed by atoms with Crippen LogP contribution in [0.2, 0.25) is 0 Å². The number of hydrogen-bond acceptors (Lipinski definition) is 1. The second-order valence-corrected chi connectivity index (χ2v) is 5.59. The van der Waals surface area contributed by atoms with Gasteiger partial charge in [-0.05, 0) is 27.8 Å². The van der Waals surface area contributed by atoms with E-state index in [0.717, 1.165) is 0 Å². The number of rotatable bonds is 1. The molecule has 0 bridgehead atoms. The molecule has 0 nitrogen and oxygen atoms in total. The van der Waals surface area contributed by atoms with Crippen LogP contribution >= 0.6 is 11.3 Å². The van der Waals surface area contributed by atoms with E-state index in [9.17, 15) is 0 Å². The third-order valence-electron chi connectivity index (χ3n) is 3.55. The first-order valence-corrected chi connectivity index (χ1v) is 7.26. The van der Waals surface area contributed by atoms with Gasteiger partial charge >= 0.3 is 0 Å². The molecule has 0 fully saturated rings. The first kappa shape index (κ1) is 10.8. The van der Waals surface area contributed by atoms with Crippen molar-refractivity contribution in [1.82, 2.24) is 0 Å². The topological polar surface area (TPSA) is 0 Å². The van der Waals surface area contributed by atoms with Crippen molar-refractivity contribution >= 4 is 32.2 Å². The van der Waals surface area contributed by atoms with Crippen molar-refractivity contribution in [3.05, 3.63) is 72.1 Å². The molecule has 1 heterocycles. The van der Waals surface area contributed by atoms with Crippen molar-refractivity contribution in [2.45, 2.75) is 0 Å². The molecular weight excluding hydrogens is 248 g/mol. The second-order valence-electron chi connectivity index (χ2n) is 4.68. The van der Waals surface area contributed by atoms with Crippen LogP contribution in [0.3, 0.4) is 0 Å². The second kappa shape index (κ2) is 4.22. The first-order chi connectivity index (χ1) is 9.43. The van der Waals surface area contributed by atoms with Crippen LogP contribution in [0.1, 0.15) is 0 Å². The number of fused-ring (bicyclic) bond motifs is 3. The number of hydrogen-bond donors (Lipinski definition) is 0. The Morgan fingerprint density at radius 1 is 0.684 bits per heavy atom. The van der Waals surface area contributed by atoms with E-state index >= 15 is 0 Å². The minimum Gasteiger partial charge on any atom is -0.143 e. The molecule has 4 rings (SSSR count). The average molecular weight is 260 g/mol. The summed E-state index contributed by atoms with van der Waals surface area (Å²) in [4.78, 5) is 0. The lowest BCUT2D eigenvalue weighted by Gasteiger charge is -2.03. The molecule has 3 aromatic carbocycles. The number of thiophene rings is 1. The fraction of sp³-hybridized carbons (Fsp3) is 0. The van der Waals surface area contributed by atoms with E-state index in [4.69, 9.17) is 0 Å². The van der Waals surface area contributed by atoms with Crippen LogP contribution in [0, 0.1) is 0 Å². The highest BCUT2D eigenvalue weighted by molar-refractivity contribution is 7.18. The van der Waals surface area contributed by atoms with Gasteiger partial charge in [-0.2, -0.15) is 0 Å². The summed E-state index contributed by atoms with van der Waals surface area (Å²) in [5, 5.41) is 6.31. The standard InChI is InChI=1S/C18H12S/c1-2-6-13(7-3-1)16-12-19-17-11-10-14-8-4-5-9-15(14)18(16)17/h1-12H. The van der Waals surface area contributed by atoms with Gasteiger partial charge in [-0.1, -0.05) is 60.7 Å². The molecule has 4 aromatic rings. The first-order valence-electron chi connectivity index (χ1n) is 6.38. The summed E-state index contributed by atoms with van der Waals surface area (Å²) >= 11 is 1.82. The molecule has 0 saturated carbocycles. The SMILES string of the molecule is c1ccc(-c2csc3ccc4ccccc4c23)cc1. The molecule has 0 amide bonds. The lowest BCUT2D eigenvalue weighted by molar-refractivity contribution is 1.69. The minimum absolute atomic E-state index is 1.30. The number of benzene rings is 3. The zero-order chi connectivity index (χ0) is 12.7. The molecule has 1 aromatic heterocycles. The van der Waals surface area contributed by atoms with Gasteiger partial charge < -0.3 is 0 Å². The Balaban J connectivity index is 2.15. The fourth-order valence-electron chi connectivity index (χ4n) is 2.64. The van der Waals surface area contributed by atoms with Crippen LogP contribution < -0.4 is 0 Å². The van der Waals surface area contributed by atoms with Gasteiger partial charge in [0, 0.05) is 15.6 Å². The fourth-order valence-corrected chi connectivity index (χ4v) is 3.62. The molecule has 0 aliphatic rings. The molecule has 19 heavy (non-hydrogen) atoms. The monoisotopic (exact) mass is 260 g/mol. The maximum Gasteiger partial charge on any atom is 0.0355 e. The lowest BCUT2D eigenvalue weighted by atomic mass is 10.00. The van der Waals surface area contributed by atoms with Gasteiger partial charge in [0.15, 0.2) is 0 Å². The van der Waals surface area contributed by atoms with E-state index in [1.54, 1.807) is 0 Å². The van der Waals surface area contributed by atoms with E-state index in [1.807, 2.05) is 11.3 Å². The summed E-state index contributed by atoms with van der Waals surface area (Å²) in [5.41, 5.74) is 2.64. The Labute approximate surface area is 115 Å². The summed E-state index contributed by atoms with van der Waals surface area (Å²) in [5.74, 6) is 0. The molecule has 0 saturated heterocycles. The zero-order valence-electron chi connectivity index (χ0n) is 10.3. The summed E-state index contributed by atoms with van der Waals surface area (Å²) in [6, 6.07) is 23.7. The minimum atomic E-state index is 1.30. The highest BCUT2D eigenvalue weighted by Gasteiger charge is 2.09. The Morgan fingerprint density at radius 2 is 1.47 bits per heavy atom. The maximum atomic E-state index is 2.27. The van der Waals surface area contributed by atoms with E-state index in [2.05, 4.69) is 72.1 Å². The van der Waals surface area contributed by atoms with Gasteiger partial charge in [0.25, 0.3) is 0 Å². The van der Waals surface area contributed by atoms with Gasteiger partial charge in [0.2, 0.25) is 0 Å². The highest BCUT2D eigenvalue weighted by atomic mass is 32.1. The van der Waals surface area contributed by atoms with Gasteiger partial charge in [-0.15, -0.1) is 11.3 Å². The van der Waals surface area contributed by atoms with Crippen molar-refractivity contribution in [3.63, 3.8) is 0 Å². The Bertz CT molecular complexity index is 857. The summed E-state index contributed by atoms with van der Waals surface area (Å²) in [6.07, 6.45) is 0. The summed E-state index contributed by atoms with van der Waals surface area (Å²) < 4.78 is 1.36. The molecule has 0 atom stereocenters. The van der Waals surface area contributed by atoms with Crippen molar-refractivity contribution in [1.29, 1.82) is 0 Å². The molecular formula is C18H12S. The van der Waals surface area contributed by atoms with Gasteiger partial charge in [-0.3, -0.25) is 0 Å². The van der Waals surface area contributed by atoms with Crippen LogP contribution in [-0.4, -0.2) is 0 Å². The van der Waals surface area contributed by atoms with Gasteiger partial charge in [0.1, 0.15) is 0 Å². The third-order valence-corrected chi connectivity index (χ3v) is 4.50. The molecule has 1 heteroatoms. The molecule has 0 N–H and O–H groups in total. The van der Waals surface area contributed by atoms with Crippen LogP contribution in [-0.2, 0) is 0 Å². The Hall–Kier alpha value is -2.12. The van der Waals surface area contributed by atoms with Crippen molar-refractivity contribution in [3.8, 4) is 11.1 Å². The molecule has 0 spiro atoms. The van der Waals surface area contributed by atoms with E-state index in [1.165, 1.54) is 32.0 Å². The quantitative estimate of drug-likeness (QED) is 0.410. The molecule has 0 aliphatic carbocycles. The zero-order valence-corrected chi connectivity index (χ0v) is 11.2. The molecule has 0 aliphatic heterocycles. The maximum absolute atomic E-state index is 2.27. The highest BCUT2D eigenvalue weighted by Crippen LogP contribution is 2.38. The van der Waals surface area contributed by atoms with Crippen molar-refractivity contribution < 1.29 is 0 Å². The molecule has 0 unspecified atom stereocenters. The molecule has 90 valence electrons. The van der Waals surface area contributed by atoms with Gasteiger partial charge in [0.05, 0.1) is 0 Å². The summed E-state index contributed by atoms with van der Waals surface area (Å²) in [7, 11) is 0. The molecule has 0 radical (unpaired) electrons. The van der Waals surface area contributed by atoms with Gasteiger partial charge in [-0.25, -0.2) is 0 Å². The third kappa shape index (κ3) is 1.66. The predicted octanol–water partition coefficient (Wildman–Crippen LogP) is 5.72. The van der Waals surface area contributed by atoms with Crippen LogP contribution in [0.25, 0.3) is 32.0 Å². The predicted molar refractivity (Wildman–Crippen MR) is 84.8 cm³/mol. The normalized spacial score (nSPS) is 11.2. The van der Waals surface area contributed by atoms with Crippen LogP contribution in [0.15, 0.2) is 72.1 Å². The summed E-state index contributed by atoms with van der Waals surface area (Å²) in [6.45, 7) is 0. The van der Waals surface area contributed by atoms with E-state index in [-0.39, 0.29) is 0 Å². The largest absolute Gasteiger partial charge is 0.143 e. The smallest absolute Gasteiger partial charge is 0.0355 e. The van der Waals surface area contributed by atoms with E-state index in [0.29, 0.717) is 0 Å².